The molecule has 1 aliphatic rings. The molecule has 0 bridgehead atoms. The first kappa shape index (κ1) is 14.5. The van der Waals surface area contributed by atoms with Crippen molar-refractivity contribution in [3.8, 4) is 0 Å². The molecular weight excluding hydrogens is 310 g/mol. The minimum absolute atomic E-state index is 0.202. The van der Waals surface area contributed by atoms with E-state index in [1.807, 2.05) is 6.20 Å². The number of hydrogen-bond donors (Lipinski definition) is 0. The summed E-state index contributed by atoms with van der Waals surface area (Å²) in [5, 5.41) is 3.29. The van der Waals surface area contributed by atoms with Gasteiger partial charge >= 0.3 is 0 Å². The van der Waals surface area contributed by atoms with E-state index in [-0.39, 0.29) is 10.8 Å². The molecule has 0 fully saturated rings. The van der Waals surface area contributed by atoms with Crippen LogP contribution in [-0.2, 0) is 10.8 Å². The van der Waals surface area contributed by atoms with Crippen LogP contribution in [0.2, 0.25) is 5.15 Å². The molecule has 0 saturated heterocycles. The number of pyridine rings is 1. The third-order valence-corrected chi connectivity index (χ3v) is 6.87. The van der Waals surface area contributed by atoms with Crippen molar-refractivity contribution in [2.24, 2.45) is 0 Å². The van der Waals surface area contributed by atoms with Gasteiger partial charge in [-0.25, -0.2) is 4.98 Å². The second-order valence-corrected chi connectivity index (χ2v) is 9.12. The molecule has 2 heterocycles. The molecular formula is C19H20ClNS. The van der Waals surface area contributed by atoms with Crippen molar-refractivity contribution in [1.29, 1.82) is 0 Å². The Morgan fingerprint density at radius 2 is 1.77 bits per heavy atom. The van der Waals surface area contributed by atoms with E-state index < -0.39 is 0 Å². The molecule has 0 amide bonds. The van der Waals surface area contributed by atoms with Gasteiger partial charge in [0, 0.05) is 21.7 Å². The van der Waals surface area contributed by atoms with Crippen LogP contribution in [0, 0.1) is 0 Å². The molecule has 0 radical (unpaired) electrons. The lowest BCUT2D eigenvalue weighted by Gasteiger charge is -2.42. The summed E-state index contributed by atoms with van der Waals surface area (Å²) in [6.07, 6.45) is 4.29. The van der Waals surface area contributed by atoms with Crippen molar-refractivity contribution >= 4 is 43.1 Å². The highest BCUT2D eigenvalue weighted by molar-refractivity contribution is 7.26. The molecule has 1 aromatic carbocycles. The molecule has 3 heteroatoms. The second kappa shape index (κ2) is 4.46. The van der Waals surface area contributed by atoms with Crippen LogP contribution < -0.4 is 0 Å². The monoisotopic (exact) mass is 329 g/mol. The highest BCUT2D eigenvalue weighted by atomic mass is 35.5. The highest BCUT2D eigenvalue weighted by Gasteiger charge is 2.38. The highest BCUT2D eigenvalue weighted by Crippen LogP contribution is 2.51. The zero-order valence-electron chi connectivity index (χ0n) is 13.5. The number of benzene rings is 1. The van der Waals surface area contributed by atoms with E-state index in [0.717, 1.165) is 4.70 Å². The Bertz CT molecular complexity index is 905. The number of nitrogens with zero attached hydrogens (tertiary/aromatic N) is 1. The second-order valence-electron chi connectivity index (χ2n) is 7.71. The Balaban J connectivity index is 2.23. The van der Waals surface area contributed by atoms with Gasteiger partial charge in [0.25, 0.3) is 0 Å². The van der Waals surface area contributed by atoms with Gasteiger partial charge in [-0.15, -0.1) is 11.3 Å². The molecule has 0 spiro atoms. The zero-order valence-corrected chi connectivity index (χ0v) is 15.0. The summed E-state index contributed by atoms with van der Waals surface area (Å²) in [5.74, 6) is 0. The van der Waals surface area contributed by atoms with Crippen LogP contribution in [0.4, 0.5) is 0 Å². The molecule has 1 nitrogen and oxygen atoms in total. The molecule has 0 atom stereocenters. The Kier molecular flexibility index (Phi) is 2.93. The van der Waals surface area contributed by atoms with Crippen molar-refractivity contribution in [2.75, 3.05) is 0 Å². The summed E-state index contributed by atoms with van der Waals surface area (Å²) in [5.41, 5.74) is 3.47. The molecule has 4 rings (SSSR count). The maximum Gasteiger partial charge on any atom is 0.146 e. The Hall–Kier alpha value is -1.12. The fourth-order valence-electron chi connectivity index (χ4n) is 3.91. The molecule has 22 heavy (non-hydrogen) atoms. The number of thiophene rings is 1. The maximum absolute atomic E-state index is 6.34. The van der Waals surface area contributed by atoms with Gasteiger partial charge in [0.15, 0.2) is 0 Å². The molecule has 0 saturated carbocycles. The number of aromatic nitrogens is 1. The number of halogens is 1. The van der Waals surface area contributed by atoms with E-state index in [4.69, 9.17) is 11.6 Å². The topological polar surface area (TPSA) is 12.9 Å². The average Bonchev–Trinajstić information content (AvgIpc) is 2.84. The summed E-state index contributed by atoms with van der Waals surface area (Å²) >= 11 is 8.11. The average molecular weight is 330 g/mol. The zero-order chi connectivity index (χ0) is 15.7. The van der Waals surface area contributed by atoms with Crippen molar-refractivity contribution in [1.82, 2.24) is 4.98 Å². The van der Waals surface area contributed by atoms with Gasteiger partial charge in [-0.1, -0.05) is 45.4 Å². The van der Waals surface area contributed by atoms with E-state index in [1.165, 1.54) is 39.4 Å². The summed E-state index contributed by atoms with van der Waals surface area (Å²) < 4.78 is 2.45. The fraction of sp³-hybridized carbons (Fsp3) is 0.421. The SMILES string of the molecule is CC1(C)CCC(C)(C)c2c1ccc1sc3c(Cl)nccc3c21. The van der Waals surface area contributed by atoms with Crippen LogP contribution in [0.3, 0.4) is 0 Å². The third kappa shape index (κ3) is 1.87. The van der Waals surface area contributed by atoms with E-state index in [9.17, 15) is 0 Å². The van der Waals surface area contributed by atoms with Crippen LogP contribution in [0.5, 0.6) is 0 Å². The fourth-order valence-corrected chi connectivity index (χ4v) is 5.28. The van der Waals surface area contributed by atoms with E-state index in [2.05, 4.69) is 50.9 Å². The third-order valence-electron chi connectivity index (χ3n) is 5.29. The normalized spacial score (nSPS) is 19.5. The molecule has 0 aliphatic heterocycles. The molecule has 0 N–H and O–H groups in total. The van der Waals surface area contributed by atoms with Crippen molar-refractivity contribution in [3.63, 3.8) is 0 Å². The van der Waals surface area contributed by atoms with Crippen molar-refractivity contribution in [2.45, 2.75) is 51.4 Å². The van der Waals surface area contributed by atoms with Gasteiger partial charge < -0.3 is 0 Å². The number of fused-ring (bicyclic) bond motifs is 5. The van der Waals surface area contributed by atoms with Crippen LogP contribution in [0.1, 0.15) is 51.7 Å². The van der Waals surface area contributed by atoms with Gasteiger partial charge in [0.2, 0.25) is 0 Å². The Morgan fingerprint density at radius 3 is 2.55 bits per heavy atom. The first-order valence-corrected chi connectivity index (χ1v) is 9.01. The first-order chi connectivity index (χ1) is 10.3. The predicted octanol–water partition coefficient (Wildman–Crippen LogP) is 6.45. The van der Waals surface area contributed by atoms with E-state index >= 15 is 0 Å². The van der Waals surface area contributed by atoms with Gasteiger partial charge in [-0.2, -0.15) is 0 Å². The molecule has 0 unspecified atom stereocenters. The summed E-state index contributed by atoms with van der Waals surface area (Å²) in [6.45, 7) is 9.51. The summed E-state index contributed by atoms with van der Waals surface area (Å²) in [4.78, 5) is 4.26. The molecule has 3 aromatic rings. The van der Waals surface area contributed by atoms with Gasteiger partial charge in [-0.05, 0) is 46.9 Å². The van der Waals surface area contributed by atoms with Crippen LogP contribution in [-0.4, -0.2) is 4.98 Å². The van der Waals surface area contributed by atoms with E-state index in [0.29, 0.717) is 5.15 Å². The van der Waals surface area contributed by atoms with Crippen LogP contribution in [0.25, 0.3) is 20.2 Å². The smallest absolute Gasteiger partial charge is 0.146 e. The predicted molar refractivity (Wildman–Crippen MR) is 97.4 cm³/mol. The molecule has 1 aliphatic carbocycles. The maximum atomic E-state index is 6.34. The Morgan fingerprint density at radius 1 is 1.05 bits per heavy atom. The van der Waals surface area contributed by atoms with Crippen LogP contribution >= 0.6 is 22.9 Å². The van der Waals surface area contributed by atoms with Crippen LogP contribution in [0.15, 0.2) is 24.4 Å². The lowest BCUT2D eigenvalue weighted by atomic mass is 9.62. The summed E-state index contributed by atoms with van der Waals surface area (Å²) in [6, 6.07) is 6.74. The van der Waals surface area contributed by atoms with Crippen molar-refractivity contribution < 1.29 is 0 Å². The lowest BCUT2D eigenvalue weighted by Crippen LogP contribution is -2.33. The van der Waals surface area contributed by atoms with Gasteiger partial charge in [-0.3, -0.25) is 0 Å². The Labute approximate surface area is 140 Å². The number of hydrogen-bond acceptors (Lipinski definition) is 2. The van der Waals surface area contributed by atoms with Gasteiger partial charge in [0.1, 0.15) is 5.15 Å². The minimum atomic E-state index is 0.202. The largest absolute Gasteiger partial charge is 0.243 e. The van der Waals surface area contributed by atoms with Crippen molar-refractivity contribution in [3.05, 3.63) is 40.7 Å². The lowest BCUT2D eigenvalue weighted by molar-refractivity contribution is 0.334. The molecule has 114 valence electrons. The summed E-state index contributed by atoms with van der Waals surface area (Å²) in [7, 11) is 0. The standard InChI is InChI=1S/C19H20ClNS/c1-18(2)8-9-19(3,4)15-12(18)5-6-13-14(15)11-7-10-21-17(20)16(11)22-13/h5-7,10H,8-9H2,1-4H3. The number of rotatable bonds is 0. The minimum Gasteiger partial charge on any atom is -0.243 e. The first-order valence-electron chi connectivity index (χ1n) is 7.82. The van der Waals surface area contributed by atoms with E-state index in [1.54, 1.807) is 11.3 Å². The quantitative estimate of drug-likeness (QED) is 0.432. The molecule has 2 aromatic heterocycles. The van der Waals surface area contributed by atoms with Gasteiger partial charge in [0.05, 0.1) is 4.70 Å².